The Morgan fingerprint density at radius 1 is 0.857 bits per heavy atom. The number of hydrogen-bond acceptors (Lipinski definition) is 7. The Kier molecular flexibility index (Phi) is 10.7. The van der Waals surface area contributed by atoms with Crippen molar-refractivity contribution < 1.29 is 30.6 Å². The topological polar surface area (TPSA) is 147 Å². The molecule has 14 heavy (non-hydrogen) atoms. The first-order valence-electron chi connectivity index (χ1n) is 4.01. The molecule has 0 amide bonds. The van der Waals surface area contributed by atoms with Crippen LogP contribution in [0.3, 0.4) is 0 Å². The Hall–Kier alpha value is -0.280. The van der Waals surface area contributed by atoms with Gasteiger partial charge in [0.15, 0.2) is 0 Å². The van der Waals surface area contributed by atoms with Crippen LogP contribution in [0.1, 0.15) is 0 Å². The molecule has 0 heterocycles. The van der Waals surface area contributed by atoms with Crippen LogP contribution in [-0.4, -0.2) is 75.3 Å². The van der Waals surface area contributed by atoms with E-state index in [9.17, 15) is 0 Å². The van der Waals surface area contributed by atoms with E-state index < -0.39 is 31.5 Å². The summed E-state index contributed by atoms with van der Waals surface area (Å²) in [7, 11) is 0. The molecular formula is C7H19NO6. The SMILES string of the molecule is NC(CO)(CO)CO.OCC(O)CO. The Balaban J connectivity index is 0. The van der Waals surface area contributed by atoms with Gasteiger partial charge in [-0.3, -0.25) is 0 Å². The number of aliphatic hydroxyl groups excluding tert-OH is 6. The summed E-state index contributed by atoms with van der Waals surface area (Å²) in [4.78, 5) is 0. The Morgan fingerprint density at radius 3 is 1.14 bits per heavy atom. The molecule has 0 aromatic carbocycles. The van der Waals surface area contributed by atoms with Gasteiger partial charge in [-0.2, -0.15) is 0 Å². The van der Waals surface area contributed by atoms with Crippen LogP contribution in [0, 0.1) is 0 Å². The van der Waals surface area contributed by atoms with Gasteiger partial charge >= 0.3 is 0 Å². The molecule has 7 heteroatoms. The van der Waals surface area contributed by atoms with Crippen molar-refractivity contribution in [1.82, 2.24) is 0 Å². The fourth-order valence-electron chi connectivity index (χ4n) is 0.208. The Bertz CT molecular complexity index is 106. The zero-order chi connectivity index (χ0) is 11.6. The molecule has 0 aliphatic carbocycles. The van der Waals surface area contributed by atoms with E-state index in [1.807, 2.05) is 0 Å². The highest BCUT2D eigenvalue weighted by molar-refractivity contribution is 4.80. The van der Waals surface area contributed by atoms with Crippen molar-refractivity contribution >= 4 is 0 Å². The van der Waals surface area contributed by atoms with Crippen LogP contribution in [-0.2, 0) is 0 Å². The van der Waals surface area contributed by atoms with Crippen LogP contribution < -0.4 is 5.73 Å². The molecule has 0 saturated heterocycles. The molecule has 0 spiro atoms. The van der Waals surface area contributed by atoms with E-state index >= 15 is 0 Å². The van der Waals surface area contributed by atoms with Crippen molar-refractivity contribution in [2.45, 2.75) is 11.6 Å². The summed E-state index contributed by atoms with van der Waals surface area (Å²) in [6, 6.07) is 0. The summed E-state index contributed by atoms with van der Waals surface area (Å²) < 4.78 is 0. The second-order valence-corrected chi connectivity index (χ2v) is 2.86. The lowest BCUT2D eigenvalue weighted by Gasteiger charge is -2.20. The van der Waals surface area contributed by atoms with Crippen molar-refractivity contribution in [2.75, 3.05) is 33.0 Å². The first kappa shape index (κ1) is 16.2. The first-order valence-corrected chi connectivity index (χ1v) is 4.01. The van der Waals surface area contributed by atoms with Crippen LogP contribution in [0.2, 0.25) is 0 Å². The van der Waals surface area contributed by atoms with Crippen molar-refractivity contribution in [1.29, 1.82) is 0 Å². The van der Waals surface area contributed by atoms with Gasteiger partial charge in [0.2, 0.25) is 0 Å². The number of hydrogen-bond donors (Lipinski definition) is 7. The molecule has 0 radical (unpaired) electrons. The standard InChI is InChI=1S/C4H11NO3.C3H8O3/c5-4(1-6,2-7)3-8;4-1-3(6)2-5/h6-8H,1-3,5H2;3-6H,1-2H2. The molecule has 0 atom stereocenters. The predicted molar refractivity (Wildman–Crippen MR) is 48.4 cm³/mol. The van der Waals surface area contributed by atoms with Crippen LogP contribution in [0.25, 0.3) is 0 Å². The number of rotatable bonds is 5. The van der Waals surface area contributed by atoms with E-state index in [-0.39, 0.29) is 13.2 Å². The first-order chi connectivity index (χ1) is 6.49. The maximum Gasteiger partial charge on any atom is 0.100 e. The Labute approximate surface area is 82.0 Å². The van der Waals surface area contributed by atoms with Crippen LogP contribution >= 0.6 is 0 Å². The van der Waals surface area contributed by atoms with Gasteiger partial charge < -0.3 is 36.4 Å². The highest BCUT2D eigenvalue weighted by Crippen LogP contribution is 1.93. The summed E-state index contributed by atoms with van der Waals surface area (Å²) in [5.41, 5.74) is 3.94. The van der Waals surface area contributed by atoms with Gasteiger partial charge in [-0.15, -0.1) is 0 Å². The van der Waals surface area contributed by atoms with E-state index in [4.69, 9.17) is 36.4 Å². The van der Waals surface area contributed by atoms with E-state index in [2.05, 4.69) is 0 Å². The third-order valence-electron chi connectivity index (χ3n) is 1.37. The van der Waals surface area contributed by atoms with Gasteiger partial charge in [0, 0.05) is 0 Å². The third-order valence-corrected chi connectivity index (χ3v) is 1.37. The lowest BCUT2D eigenvalue weighted by Crippen LogP contribution is -2.50. The zero-order valence-electron chi connectivity index (χ0n) is 7.87. The van der Waals surface area contributed by atoms with E-state index in [0.29, 0.717) is 0 Å². The van der Waals surface area contributed by atoms with Gasteiger partial charge in [0.05, 0.1) is 38.6 Å². The highest BCUT2D eigenvalue weighted by Gasteiger charge is 2.20. The molecule has 0 fully saturated rings. The van der Waals surface area contributed by atoms with Gasteiger partial charge in [-0.25, -0.2) is 0 Å². The monoisotopic (exact) mass is 213 g/mol. The molecule has 0 rings (SSSR count). The zero-order valence-corrected chi connectivity index (χ0v) is 7.87. The molecule has 0 bridgehead atoms. The molecule has 0 aliphatic rings. The largest absolute Gasteiger partial charge is 0.394 e. The summed E-state index contributed by atoms with van der Waals surface area (Å²) in [5.74, 6) is 0. The quantitative estimate of drug-likeness (QED) is 0.246. The normalized spacial score (nSPS) is 11.1. The fraction of sp³-hybridized carbons (Fsp3) is 1.00. The summed E-state index contributed by atoms with van der Waals surface area (Å²) >= 11 is 0. The summed E-state index contributed by atoms with van der Waals surface area (Å²) in [6.45, 7) is -1.94. The fourth-order valence-corrected chi connectivity index (χ4v) is 0.208. The van der Waals surface area contributed by atoms with Crippen molar-refractivity contribution in [3.8, 4) is 0 Å². The molecule has 0 aromatic rings. The van der Waals surface area contributed by atoms with E-state index in [0.717, 1.165) is 0 Å². The van der Waals surface area contributed by atoms with Gasteiger partial charge in [-0.05, 0) is 0 Å². The second kappa shape index (κ2) is 9.28. The summed E-state index contributed by atoms with van der Waals surface area (Å²) in [5, 5.41) is 49.0. The van der Waals surface area contributed by atoms with Crippen LogP contribution in [0.5, 0.6) is 0 Å². The molecule has 8 N–H and O–H groups in total. The molecular weight excluding hydrogens is 194 g/mol. The third kappa shape index (κ3) is 8.32. The van der Waals surface area contributed by atoms with Gasteiger partial charge in [-0.1, -0.05) is 0 Å². The molecule has 0 unspecified atom stereocenters. The van der Waals surface area contributed by atoms with E-state index in [1.165, 1.54) is 0 Å². The second-order valence-electron chi connectivity index (χ2n) is 2.86. The van der Waals surface area contributed by atoms with Crippen LogP contribution in [0.15, 0.2) is 0 Å². The molecule has 88 valence electrons. The van der Waals surface area contributed by atoms with Gasteiger partial charge in [0.1, 0.15) is 6.10 Å². The minimum atomic E-state index is -1.21. The number of aliphatic hydroxyl groups is 6. The lowest BCUT2D eigenvalue weighted by molar-refractivity contribution is 0.0450. The number of nitrogens with two attached hydrogens (primary N) is 1. The molecule has 0 aromatic heterocycles. The minimum Gasteiger partial charge on any atom is -0.394 e. The molecule has 7 nitrogen and oxygen atoms in total. The van der Waals surface area contributed by atoms with E-state index in [1.54, 1.807) is 0 Å². The molecule has 0 aliphatic heterocycles. The smallest absolute Gasteiger partial charge is 0.100 e. The maximum atomic E-state index is 8.34. The van der Waals surface area contributed by atoms with Crippen molar-refractivity contribution in [3.63, 3.8) is 0 Å². The average Bonchev–Trinajstić information content (AvgIpc) is 2.27. The van der Waals surface area contributed by atoms with Crippen LogP contribution in [0.4, 0.5) is 0 Å². The highest BCUT2D eigenvalue weighted by atomic mass is 16.3. The van der Waals surface area contributed by atoms with Crippen molar-refractivity contribution in [2.24, 2.45) is 5.73 Å². The van der Waals surface area contributed by atoms with Crippen molar-refractivity contribution in [3.05, 3.63) is 0 Å². The lowest BCUT2D eigenvalue weighted by atomic mass is 10.1. The average molecular weight is 213 g/mol. The maximum absolute atomic E-state index is 8.34. The predicted octanol–water partition coefficient (Wildman–Crippen LogP) is -4.01. The van der Waals surface area contributed by atoms with Gasteiger partial charge in [0.25, 0.3) is 0 Å². The minimum absolute atomic E-state index is 0.365. The molecule has 0 saturated carbocycles. The summed E-state index contributed by atoms with van der Waals surface area (Å²) in [6.07, 6.45) is -0.954. The Morgan fingerprint density at radius 2 is 1.14 bits per heavy atom.